The molecule has 0 N–H and O–H groups in total. The number of nitrogens with zero attached hydrogens (tertiary/aromatic N) is 2. The summed E-state index contributed by atoms with van der Waals surface area (Å²) in [6.07, 6.45) is 3.82. The van der Waals surface area contributed by atoms with Crippen LogP contribution in [0.5, 0.6) is 5.75 Å². The number of fused-ring (bicyclic) bond motifs is 1. The van der Waals surface area contributed by atoms with Crippen LogP contribution in [0.25, 0.3) is 16.8 Å². The highest BCUT2D eigenvalue weighted by molar-refractivity contribution is 8.19. The fraction of sp³-hybridized carbons (Fsp3) is 0.135. The molecular weight excluding hydrogens is 572 g/mol. The number of ether oxygens (including phenoxy) is 1. The fourth-order valence-electron chi connectivity index (χ4n) is 5.03. The number of hydrogen-bond donors (Lipinski definition) is 0. The number of thioether (sulfide) groups is 1. The van der Waals surface area contributed by atoms with E-state index in [1.165, 1.54) is 22.9 Å². The summed E-state index contributed by atoms with van der Waals surface area (Å²) in [5.41, 5.74) is 5.78. The van der Waals surface area contributed by atoms with Gasteiger partial charge in [-0.2, -0.15) is 0 Å². The van der Waals surface area contributed by atoms with E-state index >= 15 is 0 Å². The molecule has 0 saturated carbocycles. The van der Waals surface area contributed by atoms with Crippen molar-refractivity contribution in [3.63, 3.8) is 0 Å². The SMILES string of the molecule is CCc1ccc(N=C2S/C(=C\c3c(OCc4ccccc4Cl)ccc4ccccc34)C(=O)N2c2ccc(CC)cc2)cc1. The number of carbonyl (C=O) groups excluding carboxylic acids is 1. The van der Waals surface area contributed by atoms with Gasteiger partial charge in [0.25, 0.3) is 5.91 Å². The Kier molecular flexibility index (Phi) is 8.64. The van der Waals surface area contributed by atoms with Crippen molar-refractivity contribution in [2.45, 2.75) is 33.3 Å². The summed E-state index contributed by atoms with van der Waals surface area (Å²) < 4.78 is 6.35. The third-order valence-electron chi connectivity index (χ3n) is 7.53. The van der Waals surface area contributed by atoms with Crippen molar-refractivity contribution in [2.75, 3.05) is 4.90 Å². The van der Waals surface area contributed by atoms with Crippen molar-refractivity contribution in [3.8, 4) is 5.75 Å². The predicted molar refractivity (Wildman–Crippen MR) is 182 cm³/mol. The molecule has 214 valence electrons. The van der Waals surface area contributed by atoms with E-state index in [2.05, 4.69) is 50.2 Å². The molecule has 0 unspecified atom stereocenters. The molecule has 4 nitrogen and oxygen atoms in total. The van der Waals surface area contributed by atoms with Crippen LogP contribution in [0.1, 0.15) is 36.1 Å². The minimum atomic E-state index is -0.122. The van der Waals surface area contributed by atoms with Crippen LogP contribution in [-0.4, -0.2) is 11.1 Å². The summed E-state index contributed by atoms with van der Waals surface area (Å²) in [5, 5.41) is 3.33. The Morgan fingerprint density at radius 2 is 1.49 bits per heavy atom. The van der Waals surface area contributed by atoms with Gasteiger partial charge in [0.1, 0.15) is 12.4 Å². The maximum Gasteiger partial charge on any atom is 0.271 e. The summed E-state index contributed by atoms with van der Waals surface area (Å²) in [4.78, 5) is 21.4. The third kappa shape index (κ3) is 6.24. The van der Waals surface area contributed by atoms with Crippen molar-refractivity contribution in [2.24, 2.45) is 4.99 Å². The van der Waals surface area contributed by atoms with E-state index in [-0.39, 0.29) is 5.91 Å². The highest BCUT2D eigenvalue weighted by Crippen LogP contribution is 2.40. The van der Waals surface area contributed by atoms with Crippen molar-refractivity contribution in [3.05, 3.63) is 141 Å². The number of hydrogen-bond acceptors (Lipinski definition) is 4. The summed E-state index contributed by atoms with van der Waals surface area (Å²) in [7, 11) is 0. The van der Waals surface area contributed by atoms with Gasteiger partial charge in [0.15, 0.2) is 5.17 Å². The minimum Gasteiger partial charge on any atom is -0.488 e. The molecule has 1 fully saturated rings. The fourth-order valence-corrected chi connectivity index (χ4v) is 6.20. The quantitative estimate of drug-likeness (QED) is 0.166. The van der Waals surface area contributed by atoms with Gasteiger partial charge in [0.2, 0.25) is 0 Å². The van der Waals surface area contributed by atoms with Crippen LogP contribution in [-0.2, 0) is 24.2 Å². The van der Waals surface area contributed by atoms with Gasteiger partial charge < -0.3 is 4.74 Å². The Labute approximate surface area is 261 Å². The van der Waals surface area contributed by atoms with Gasteiger partial charge in [-0.05, 0) is 89.0 Å². The van der Waals surface area contributed by atoms with E-state index in [1.54, 1.807) is 4.90 Å². The van der Waals surface area contributed by atoms with Gasteiger partial charge >= 0.3 is 0 Å². The van der Waals surface area contributed by atoms with Crippen LogP contribution < -0.4 is 9.64 Å². The molecule has 0 aliphatic carbocycles. The van der Waals surface area contributed by atoms with Crippen LogP contribution >= 0.6 is 23.4 Å². The van der Waals surface area contributed by atoms with Gasteiger partial charge in [-0.15, -0.1) is 0 Å². The smallest absolute Gasteiger partial charge is 0.271 e. The molecule has 0 atom stereocenters. The monoisotopic (exact) mass is 602 g/mol. The van der Waals surface area contributed by atoms with Crippen LogP contribution in [0.2, 0.25) is 5.02 Å². The summed E-state index contributed by atoms with van der Waals surface area (Å²) in [5.74, 6) is 0.557. The molecule has 5 aromatic rings. The van der Waals surface area contributed by atoms with E-state index < -0.39 is 0 Å². The Balaban J connectivity index is 1.43. The highest BCUT2D eigenvalue weighted by Gasteiger charge is 2.35. The normalized spacial score (nSPS) is 15.1. The first-order valence-corrected chi connectivity index (χ1v) is 15.6. The Morgan fingerprint density at radius 1 is 0.814 bits per heavy atom. The topological polar surface area (TPSA) is 41.9 Å². The van der Waals surface area contributed by atoms with Gasteiger partial charge in [-0.1, -0.05) is 98.2 Å². The molecule has 1 heterocycles. The Hall–Kier alpha value is -4.32. The van der Waals surface area contributed by atoms with E-state index in [4.69, 9.17) is 21.3 Å². The zero-order valence-electron chi connectivity index (χ0n) is 24.1. The standard InChI is InChI=1S/C37H31ClN2O2S/c1-3-25-13-18-29(19-14-25)39-37-40(30-20-15-26(4-2)16-21-30)36(41)35(43-37)23-32-31-11-7-5-9-27(31)17-22-34(32)42-24-28-10-6-8-12-33(28)38/h5-23H,3-4,24H2,1-2H3/b35-23-,39-37?. The molecule has 43 heavy (non-hydrogen) atoms. The van der Waals surface area contributed by atoms with E-state index in [9.17, 15) is 4.79 Å². The van der Waals surface area contributed by atoms with Gasteiger partial charge in [-0.25, -0.2) is 4.99 Å². The molecule has 6 rings (SSSR count). The highest BCUT2D eigenvalue weighted by atomic mass is 35.5. The maximum atomic E-state index is 14.1. The molecule has 1 aliphatic heterocycles. The number of carbonyl (C=O) groups is 1. The molecule has 1 saturated heterocycles. The molecule has 0 bridgehead atoms. The van der Waals surface area contributed by atoms with Crippen LogP contribution in [0.3, 0.4) is 0 Å². The lowest BCUT2D eigenvalue weighted by molar-refractivity contribution is -0.113. The lowest BCUT2D eigenvalue weighted by Gasteiger charge is -2.16. The van der Waals surface area contributed by atoms with Gasteiger partial charge in [0.05, 0.1) is 16.3 Å². The average molecular weight is 603 g/mol. The van der Waals surface area contributed by atoms with Gasteiger partial charge in [-0.3, -0.25) is 9.69 Å². The first-order valence-electron chi connectivity index (χ1n) is 14.4. The van der Waals surface area contributed by atoms with E-state index in [0.29, 0.717) is 27.5 Å². The molecule has 6 heteroatoms. The molecule has 1 amide bonds. The number of anilines is 1. The number of rotatable bonds is 8. The molecule has 0 spiro atoms. The number of halogens is 1. The largest absolute Gasteiger partial charge is 0.488 e. The number of aliphatic imine (C=N–C) groups is 1. The lowest BCUT2D eigenvalue weighted by Crippen LogP contribution is -2.28. The second-order valence-electron chi connectivity index (χ2n) is 10.3. The first kappa shape index (κ1) is 28.8. The predicted octanol–water partition coefficient (Wildman–Crippen LogP) is 10.0. The van der Waals surface area contributed by atoms with Crippen molar-refractivity contribution in [1.29, 1.82) is 0 Å². The van der Waals surface area contributed by atoms with E-state index in [0.717, 1.165) is 46.1 Å². The maximum absolute atomic E-state index is 14.1. The first-order chi connectivity index (χ1) is 21.0. The number of aryl methyl sites for hydroxylation is 2. The minimum absolute atomic E-state index is 0.122. The van der Waals surface area contributed by atoms with Crippen LogP contribution in [0.15, 0.2) is 119 Å². The molecule has 0 aromatic heterocycles. The molecule has 0 radical (unpaired) electrons. The van der Waals surface area contributed by atoms with Crippen molar-refractivity contribution < 1.29 is 9.53 Å². The molecule has 1 aliphatic rings. The van der Waals surface area contributed by atoms with Crippen LogP contribution in [0.4, 0.5) is 11.4 Å². The number of amidine groups is 1. The Morgan fingerprint density at radius 3 is 2.21 bits per heavy atom. The second kappa shape index (κ2) is 12.9. The summed E-state index contributed by atoms with van der Waals surface area (Å²) >= 11 is 7.79. The van der Waals surface area contributed by atoms with E-state index in [1.807, 2.05) is 78.9 Å². The van der Waals surface area contributed by atoms with Crippen LogP contribution in [0, 0.1) is 0 Å². The second-order valence-corrected chi connectivity index (χ2v) is 11.7. The zero-order chi connectivity index (χ0) is 29.8. The van der Waals surface area contributed by atoms with Crippen molar-refractivity contribution >= 4 is 62.7 Å². The number of amides is 1. The third-order valence-corrected chi connectivity index (χ3v) is 8.86. The average Bonchev–Trinajstić information content (AvgIpc) is 3.35. The van der Waals surface area contributed by atoms with Gasteiger partial charge in [0, 0.05) is 16.1 Å². The summed E-state index contributed by atoms with van der Waals surface area (Å²) in [6.45, 7) is 4.56. The Bertz CT molecular complexity index is 1850. The molecular formula is C37H31ClN2O2S. The summed E-state index contributed by atoms with van der Waals surface area (Å²) in [6, 6.07) is 36.1. The lowest BCUT2D eigenvalue weighted by atomic mass is 10.0. The number of benzene rings is 5. The zero-order valence-corrected chi connectivity index (χ0v) is 25.7. The van der Waals surface area contributed by atoms with Crippen molar-refractivity contribution in [1.82, 2.24) is 0 Å². The molecule has 5 aromatic carbocycles.